The van der Waals surface area contributed by atoms with Crippen molar-refractivity contribution < 1.29 is 13.2 Å². The van der Waals surface area contributed by atoms with Crippen LogP contribution in [0.3, 0.4) is 0 Å². The Hall–Kier alpha value is -0.330. The third-order valence-electron chi connectivity index (χ3n) is 3.21. The SMILES string of the molecule is CC1SCCSC1C(N)c1ccc(C(F)(F)F)cc1. The van der Waals surface area contributed by atoms with Crippen LogP contribution in [-0.2, 0) is 6.18 Å². The van der Waals surface area contributed by atoms with Crippen molar-refractivity contribution in [2.75, 3.05) is 11.5 Å². The number of alkyl halides is 3. The Morgan fingerprint density at radius 2 is 1.74 bits per heavy atom. The molecule has 0 radical (unpaired) electrons. The second-order valence-corrected chi connectivity index (χ2v) is 7.33. The van der Waals surface area contributed by atoms with E-state index in [-0.39, 0.29) is 11.3 Å². The number of halogens is 3. The standard InChI is InChI=1S/C13H16F3NS2/c1-8-12(19-7-6-18-8)11(17)9-2-4-10(5-3-9)13(14,15)16/h2-5,8,11-12H,6-7,17H2,1H3. The van der Waals surface area contributed by atoms with Gasteiger partial charge in [-0.05, 0) is 17.7 Å². The molecule has 2 N–H and O–H groups in total. The summed E-state index contributed by atoms with van der Waals surface area (Å²) >= 11 is 3.69. The van der Waals surface area contributed by atoms with Crippen LogP contribution in [-0.4, -0.2) is 22.0 Å². The second kappa shape index (κ2) is 5.97. The first kappa shape index (κ1) is 15.1. The Kier molecular flexibility index (Phi) is 4.74. The van der Waals surface area contributed by atoms with Crippen LogP contribution in [0.4, 0.5) is 13.2 Å². The molecule has 1 aliphatic heterocycles. The highest BCUT2D eigenvalue weighted by Crippen LogP contribution is 2.38. The lowest BCUT2D eigenvalue weighted by Gasteiger charge is -2.32. The van der Waals surface area contributed by atoms with E-state index in [9.17, 15) is 13.2 Å². The Morgan fingerprint density at radius 1 is 1.16 bits per heavy atom. The van der Waals surface area contributed by atoms with E-state index in [0.717, 1.165) is 29.2 Å². The van der Waals surface area contributed by atoms with Gasteiger partial charge in [0.25, 0.3) is 0 Å². The zero-order valence-electron chi connectivity index (χ0n) is 10.5. The average Bonchev–Trinajstić information content (AvgIpc) is 2.38. The molecule has 19 heavy (non-hydrogen) atoms. The lowest BCUT2D eigenvalue weighted by atomic mass is 10.0. The van der Waals surface area contributed by atoms with Gasteiger partial charge in [-0.25, -0.2) is 0 Å². The predicted octanol–water partition coefficient (Wildman–Crippen LogP) is 3.94. The van der Waals surface area contributed by atoms with E-state index in [1.54, 1.807) is 0 Å². The molecule has 0 saturated carbocycles. The molecule has 1 saturated heterocycles. The van der Waals surface area contributed by atoms with Crippen molar-refractivity contribution in [1.29, 1.82) is 0 Å². The summed E-state index contributed by atoms with van der Waals surface area (Å²) in [6.07, 6.45) is -4.29. The van der Waals surface area contributed by atoms with Gasteiger partial charge in [0.1, 0.15) is 0 Å². The van der Waals surface area contributed by atoms with Gasteiger partial charge in [0.05, 0.1) is 5.56 Å². The average molecular weight is 307 g/mol. The van der Waals surface area contributed by atoms with Crippen molar-refractivity contribution in [2.45, 2.75) is 29.6 Å². The third-order valence-corrected chi connectivity index (χ3v) is 6.43. The molecule has 0 bridgehead atoms. The lowest BCUT2D eigenvalue weighted by molar-refractivity contribution is -0.137. The van der Waals surface area contributed by atoms with Gasteiger partial charge in [0.15, 0.2) is 0 Å². The molecule has 1 aromatic rings. The molecule has 0 amide bonds. The maximum absolute atomic E-state index is 12.5. The molecule has 1 nitrogen and oxygen atoms in total. The first-order valence-corrected chi connectivity index (χ1v) is 8.15. The van der Waals surface area contributed by atoms with E-state index in [0.29, 0.717) is 5.25 Å². The lowest BCUT2D eigenvalue weighted by Crippen LogP contribution is -2.34. The first-order valence-electron chi connectivity index (χ1n) is 6.05. The number of thioether (sulfide) groups is 2. The van der Waals surface area contributed by atoms with E-state index < -0.39 is 11.7 Å². The molecule has 3 unspecified atom stereocenters. The van der Waals surface area contributed by atoms with Gasteiger partial charge in [-0.1, -0.05) is 19.1 Å². The number of rotatable bonds is 2. The summed E-state index contributed by atoms with van der Waals surface area (Å²) in [6, 6.07) is 5.01. The highest BCUT2D eigenvalue weighted by atomic mass is 32.2. The van der Waals surface area contributed by atoms with E-state index in [2.05, 4.69) is 6.92 Å². The fourth-order valence-electron chi connectivity index (χ4n) is 2.13. The summed E-state index contributed by atoms with van der Waals surface area (Å²) in [5, 5.41) is 0.687. The molecular weight excluding hydrogens is 291 g/mol. The smallest absolute Gasteiger partial charge is 0.323 e. The normalized spacial score (nSPS) is 26.2. The molecule has 0 aliphatic carbocycles. The molecule has 1 fully saturated rings. The van der Waals surface area contributed by atoms with Crippen molar-refractivity contribution in [3.63, 3.8) is 0 Å². The highest BCUT2D eigenvalue weighted by Gasteiger charge is 2.32. The van der Waals surface area contributed by atoms with E-state index in [4.69, 9.17) is 5.73 Å². The molecule has 0 aromatic heterocycles. The molecule has 3 atom stereocenters. The van der Waals surface area contributed by atoms with Gasteiger partial charge in [-0.15, -0.1) is 0 Å². The molecule has 1 heterocycles. The zero-order valence-corrected chi connectivity index (χ0v) is 12.1. The van der Waals surface area contributed by atoms with Crippen LogP contribution in [0.5, 0.6) is 0 Å². The Morgan fingerprint density at radius 3 is 2.26 bits per heavy atom. The predicted molar refractivity (Wildman–Crippen MR) is 76.5 cm³/mol. The summed E-state index contributed by atoms with van der Waals surface area (Å²) in [4.78, 5) is 0. The van der Waals surface area contributed by atoms with Gasteiger partial charge in [-0.2, -0.15) is 36.7 Å². The molecule has 1 aromatic carbocycles. The maximum atomic E-state index is 12.5. The van der Waals surface area contributed by atoms with Crippen molar-refractivity contribution in [2.24, 2.45) is 5.73 Å². The van der Waals surface area contributed by atoms with Crippen LogP contribution >= 0.6 is 23.5 Å². The van der Waals surface area contributed by atoms with E-state index in [1.807, 2.05) is 23.5 Å². The number of nitrogens with two attached hydrogens (primary N) is 1. The molecule has 6 heteroatoms. The first-order chi connectivity index (χ1) is 8.89. The van der Waals surface area contributed by atoms with Gasteiger partial charge in [0.2, 0.25) is 0 Å². The Balaban J connectivity index is 2.13. The number of hydrogen-bond acceptors (Lipinski definition) is 3. The van der Waals surface area contributed by atoms with Crippen molar-refractivity contribution in [1.82, 2.24) is 0 Å². The summed E-state index contributed by atoms with van der Waals surface area (Å²) in [5.41, 5.74) is 6.36. The zero-order chi connectivity index (χ0) is 14.0. The summed E-state index contributed by atoms with van der Waals surface area (Å²) in [5.74, 6) is 2.16. The van der Waals surface area contributed by atoms with Gasteiger partial charge in [-0.3, -0.25) is 0 Å². The minimum Gasteiger partial charge on any atom is -0.323 e. The second-order valence-electron chi connectivity index (χ2n) is 4.56. The highest BCUT2D eigenvalue weighted by molar-refractivity contribution is 8.07. The Labute approximate surface area is 119 Å². The monoisotopic (exact) mass is 307 g/mol. The van der Waals surface area contributed by atoms with E-state index in [1.165, 1.54) is 12.1 Å². The van der Waals surface area contributed by atoms with Crippen LogP contribution in [0.15, 0.2) is 24.3 Å². The van der Waals surface area contributed by atoms with Crippen molar-refractivity contribution >= 4 is 23.5 Å². The quantitative estimate of drug-likeness (QED) is 0.896. The van der Waals surface area contributed by atoms with Crippen molar-refractivity contribution in [3.8, 4) is 0 Å². The molecule has 1 aliphatic rings. The van der Waals surface area contributed by atoms with Gasteiger partial charge < -0.3 is 5.73 Å². The minimum atomic E-state index is -4.29. The topological polar surface area (TPSA) is 26.0 Å². The largest absolute Gasteiger partial charge is 0.416 e. The minimum absolute atomic E-state index is 0.213. The third kappa shape index (κ3) is 3.61. The van der Waals surface area contributed by atoms with Crippen LogP contribution in [0.25, 0.3) is 0 Å². The van der Waals surface area contributed by atoms with Crippen LogP contribution in [0.1, 0.15) is 24.1 Å². The maximum Gasteiger partial charge on any atom is 0.416 e. The summed E-state index contributed by atoms with van der Waals surface area (Å²) in [7, 11) is 0. The number of benzene rings is 1. The van der Waals surface area contributed by atoms with Crippen LogP contribution in [0.2, 0.25) is 0 Å². The fraction of sp³-hybridized carbons (Fsp3) is 0.538. The van der Waals surface area contributed by atoms with Gasteiger partial charge in [0, 0.05) is 28.0 Å². The molecular formula is C13H16F3NS2. The molecule has 0 spiro atoms. The van der Waals surface area contributed by atoms with Crippen LogP contribution in [0, 0.1) is 0 Å². The Bertz CT molecular complexity index is 419. The fourth-order valence-corrected chi connectivity index (χ4v) is 5.01. The molecule has 106 valence electrons. The van der Waals surface area contributed by atoms with Gasteiger partial charge >= 0.3 is 6.18 Å². The van der Waals surface area contributed by atoms with E-state index >= 15 is 0 Å². The summed E-state index contributed by atoms with van der Waals surface area (Å²) in [6.45, 7) is 2.13. The number of hydrogen-bond donors (Lipinski definition) is 1. The molecule has 2 rings (SSSR count). The van der Waals surface area contributed by atoms with Crippen LogP contribution < -0.4 is 5.73 Å². The summed E-state index contributed by atoms with van der Waals surface area (Å²) < 4.78 is 37.5. The van der Waals surface area contributed by atoms with Crippen molar-refractivity contribution in [3.05, 3.63) is 35.4 Å².